The Balaban J connectivity index is 5.32. The van der Waals surface area contributed by atoms with E-state index in [1.165, 1.54) is 7.11 Å². The fourth-order valence-electron chi connectivity index (χ4n) is 2.23. The zero-order chi connectivity index (χ0) is 20.0. The minimum atomic E-state index is -1.97. The lowest BCUT2D eigenvalue weighted by Crippen LogP contribution is -2.47. The second-order valence-electron chi connectivity index (χ2n) is 8.37. The van der Waals surface area contributed by atoms with Gasteiger partial charge in [-0.3, -0.25) is 0 Å². The third-order valence-corrected chi connectivity index (χ3v) is 9.84. The van der Waals surface area contributed by atoms with E-state index in [-0.39, 0.29) is 23.0 Å². The molecule has 5 heteroatoms. The molecule has 3 atom stereocenters. The number of allylic oxidation sites excluding steroid dienone is 1. The average molecular weight is 371 g/mol. The zero-order valence-corrected chi connectivity index (χ0v) is 18.8. The first-order valence-electron chi connectivity index (χ1n) is 9.02. The molecule has 146 valence electrons. The Kier molecular flexibility index (Phi) is 9.34. The van der Waals surface area contributed by atoms with Gasteiger partial charge in [0.15, 0.2) is 8.32 Å². The van der Waals surface area contributed by atoms with Gasteiger partial charge in [-0.2, -0.15) is 0 Å². The summed E-state index contributed by atoms with van der Waals surface area (Å²) in [5.74, 6) is -0.439. The van der Waals surface area contributed by atoms with Gasteiger partial charge in [0.1, 0.15) is 0 Å². The van der Waals surface area contributed by atoms with Crippen LogP contribution >= 0.6 is 0 Å². The molecule has 0 aliphatic rings. The largest absolute Gasteiger partial charge is 0.466 e. The molecular formula is C20H38O4Si. The summed E-state index contributed by atoms with van der Waals surface area (Å²) < 4.78 is 11.3. The molecule has 25 heavy (non-hydrogen) atoms. The Bertz CT molecular complexity index is 500. The van der Waals surface area contributed by atoms with E-state index in [1.807, 2.05) is 13.8 Å². The van der Waals surface area contributed by atoms with E-state index in [0.29, 0.717) is 12.0 Å². The first-order chi connectivity index (χ1) is 11.3. The summed E-state index contributed by atoms with van der Waals surface area (Å²) in [7, 11) is -0.607. The first-order valence-corrected chi connectivity index (χ1v) is 11.9. The molecule has 0 aromatic carbocycles. The van der Waals surface area contributed by atoms with Gasteiger partial charge >= 0.3 is 5.97 Å². The lowest BCUT2D eigenvalue weighted by Gasteiger charge is -2.42. The van der Waals surface area contributed by atoms with Crippen LogP contribution in [0.2, 0.25) is 18.1 Å². The van der Waals surface area contributed by atoms with E-state index in [1.54, 1.807) is 13.0 Å². The van der Waals surface area contributed by atoms with Crippen molar-refractivity contribution in [3.05, 3.63) is 23.3 Å². The summed E-state index contributed by atoms with van der Waals surface area (Å²) in [6.07, 6.45) is 3.46. The van der Waals surface area contributed by atoms with Gasteiger partial charge in [0, 0.05) is 11.5 Å². The molecule has 0 aliphatic carbocycles. The smallest absolute Gasteiger partial charge is 0.333 e. The fourth-order valence-corrected chi connectivity index (χ4v) is 3.62. The molecule has 0 radical (unpaired) electrons. The number of aliphatic hydroxyl groups is 1. The predicted molar refractivity (Wildman–Crippen MR) is 107 cm³/mol. The average Bonchev–Trinajstić information content (AvgIpc) is 2.53. The number of hydrogen-bond acceptors (Lipinski definition) is 4. The summed E-state index contributed by atoms with van der Waals surface area (Å²) in [4.78, 5) is 11.5. The second-order valence-corrected chi connectivity index (χ2v) is 13.1. The highest BCUT2D eigenvalue weighted by Gasteiger charge is 2.41. The third kappa shape index (κ3) is 7.08. The highest BCUT2D eigenvalue weighted by Crippen LogP contribution is 2.39. The summed E-state index contributed by atoms with van der Waals surface area (Å²) >= 11 is 0. The van der Waals surface area contributed by atoms with Gasteiger partial charge in [0.2, 0.25) is 0 Å². The van der Waals surface area contributed by atoms with E-state index in [0.717, 1.165) is 5.57 Å². The van der Waals surface area contributed by atoms with Crippen molar-refractivity contribution in [1.82, 2.24) is 0 Å². The normalized spacial score (nSPS) is 17.9. The summed E-state index contributed by atoms with van der Waals surface area (Å²) in [6, 6.07) is 0. The van der Waals surface area contributed by atoms with Crippen molar-refractivity contribution in [2.45, 2.75) is 85.2 Å². The number of aliphatic hydroxyl groups excluding tert-OH is 1. The van der Waals surface area contributed by atoms with Crippen LogP contribution in [0, 0.1) is 5.92 Å². The minimum absolute atomic E-state index is 0.0768. The lowest BCUT2D eigenvalue weighted by molar-refractivity contribution is -0.136. The Morgan fingerprint density at radius 3 is 2.16 bits per heavy atom. The second kappa shape index (κ2) is 9.69. The van der Waals surface area contributed by atoms with Crippen LogP contribution in [0.4, 0.5) is 0 Å². The highest BCUT2D eigenvalue weighted by atomic mass is 28.4. The SMILES string of the molecule is C/C=C(\C)[C@H](O[Si](C)(C)C(C)(C)C)[C@@H](C)[C@@H](O)C/C=C(\C)C(=O)OC. The molecule has 0 amide bonds. The van der Waals surface area contributed by atoms with Gasteiger partial charge < -0.3 is 14.3 Å². The first kappa shape index (κ1) is 24.1. The monoisotopic (exact) mass is 370 g/mol. The Hall–Kier alpha value is -0.913. The van der Waals surface area contributed by atoms with Crippen LogP contribution in [0.25, 0.3) is 0 Å². The van der Waals surface area contributed by atoms with Crippen LogP contribution in [0.5, 0.6) is 0 Å². The van der Waals surface area contributed by atoms with Crippen molar-refractivity contribution in [3.63, 3.8) is 0 Å². The van der Waals surface area contributed by atoms with Crippen LogP contribution in [0.1, 0.15) is 54.9 Å². The number of hydrogen-bond donors (Lipinski definition) is 1. The van der Waals surface area contributed by atoms with Crippen LogP contribution in [0.15, 0.2) is 23.3 Å². The molecular weight excluding hydrogens is 332 g/mol. The minimum Gasteiger partial charge on any atom is -0.466 e. The van der Waals surface area contributed by atoms with Gasteiger partial charge in [-0.1, -0.05) is 39.8 Å². The molecule has 1 N–H and O–H groups in total. The number of carbonyl (C=O) groups excluding carboxylic acids is 1. The maximum absolute atomic E-state index is 11.5. The van der Waals surface area contributed by atoms with Gasteiger partial charge in [-0.05, 0) is 50.9 Å². The summed E-state index contributed by atoms with van der Waals surface area (Å²) in [5.41, 5.74) is 1.64. The molecule has 4 nitrogen and oxygen atoms in total. The number of methoxy groups -OCH3 is 1. The predicted octanol–water partition coefficient (Wildman–Crippen LogP) is 4.85. The highest BCUT2D eigenvalue weighted by molar-refractivity contribution is 6.74. The van der Waals surface area contributed by atoms with E-state index in [9.17, 15) is 9.90 Å². The Morgan fingerprint density at radius 2 is 1.76 bits per heavy atom. The van der Waals surface area contributed by atoms with Crippen LogP contribution in [-0.2, 0) is 14.0 Å². The fraction of sp³-hybridized carbons (Fsp3) is 0.750. The molecule has 0 saturated carbocycles. The van der Waals surface area contributed by atoms with Crippen molar-refractivity contribution in [3.8, 4) is 0 Å². The van der Waals surface area contributed by atoms with E-state index < -0.39 is 14.4 Å². The number of ether oxygens (including phenoxy) is 1. The lowest BCUT2D eigenvalue weighted by atomic mass is 9.91. The number of rotatable bonds is 8. The molecule has 0 aliphatic heterocycles. The summed E-state index contributed by atoms with van der Waals surface area (Å²) in [5, 5.41) is 10.7. The van der Waals surface area contributed by atoms with Crippen molar-refractivity contribution >= 4 is 14.3 Å². The van der Waals surface area contributed by atoms with Crippen molar-refractivity contribution in [2.75, 3.05) is 7.11 Å². The molecule has 0 bridgehead atoms. The standard InChI is InChI=1S/C20H38O4Si/c1-11-14(2)18(24-25(9,10)20(5,6)7)16(4)17(21)13-12-15(3)19(22)23-8/h11-12,16-18,21H,13H2,1-10H3/b14-11+,15-12+/t16-,17-,18-/m0/s1. The summed E-state index contributed by atoms with van der Waals surface area (Å²) in [6.45, 7) is 18.8. The number of carbonyl (C=O) groups is 1. The molecule has 0 saturated heterocycles. The van der Waals surface area contributed by atoms with Crippen LogP contribution in [-0.4, -0.2) is 38.7 Å². The molecule has 0 fully saturated rings. The van der Waals surface area contributed by atoms with Crippen LogP contribution < -0.4 is 0 Å². The van der Waals surface area contributed by atoms with Crippen LogP contribution in [0.3, 0.4) is 0 Å². The van der Waals surface area contributed by atoms with Gasteiger partial charge in [0.25, 0.3) is 0 Å². The van der Waals surface area contributed by atoms with Gasteiger partial charge in [-0.25, -0.2) is 4.79 Å². The number of esters is 1. The topological polar surface area (TPSA) is 55.8 Å². The van der Waals surface area contributed by atoms with Gasteiger partial charge in [0.05, 0.1) is 19.3 Å². The zero-order valence-electron chi connectivity index (χ0n) is 17.8. The molecule has 0 rings (SSSR count). The maximum Gasteiger partial charge on any atom is 0.333 e. The molecule has 0 heterocycles. The Labute approximate surface area is 155 Å². The van der Waals surface area contributed by atoms with Crippen molar-refractivity contribution < 1.29 is 19.1 Å². The molecule has 0 unspecified atom stereocenters. The maximum atomic E-state index is 11.5. The third-order valence-electron chi connectivity index (χ3n) is 5.39. The van der Waals surface area contributed by atoms with E-state index >= 15 is 0 Å². The van der Waals surface area contributed by atoms with Crippen molar-refractivity contribution in [2.24, 2.45) is 5.92 Å². The molecule has 0 aromatic rings. The van der Waals surface area contributed by atoms with Gasteiger partial charge in [-0.15, -0.1) is 0 Å². The molecule has 0 spiro atoms. The Morgan fingerprint density at radius 1 is 1.24 bits per heavy atom. The molecule has 0 aromatic heterocycles. The quantitative estimate of drug-likeness (QED) is 0.287. The van der Waals surface area contributed by atoms with Crippen molar-refractivity contribution in [1.29, 1.82) is 0 Å². The van der Waals surface area contributed by atoms with E-state index in [2.05, 4.69) is 46.9 Å². The van der Waals surface area contributed by atoms with E-state index in [4.69, 9.17) is 9.16 Å².